The van der Waals surface area contributed by atoms with Crippen molar-refractivity contribution >= 4 is 0 Å². The third-order valence-electron chi connectivity index (χ3n) is 3.73. The number of benzene rings is 1. The summed E-state index contributed by atoms with van der Waals surface area (Å²) < 4.78 is 2.11. The fraction of sp³-hybridized carbons (Fsp3) is 0.471. The Kier molecular flexibility index (Phi) is 5.81. The number of rotatable bonds is 8. The maximum atomic E-state index is 4.42. The molecular weight excluding hydrogens is 246 g/mol. The number of hydrogen-bond acceptors (Lipinski definition) is 2. The third-order valence-corrected chi connectivity index (χ3v) is 3.73. The number of nitrogens with zero attached hydrogens (tertiary/aromatic N) is 2. The van der Waals surface area contributed by atoms with E-state index in [4.69, 9.17) is 0 Å². The van der Waals surface area contributed by atoms with E-state index in [9.17, 15) is 0 Å². The Morgan fingerprint density at radius 3 is 2.70 bits per heavy atom. The molecule has 0 aliphatic carbocycles. The molecule has 0 radical (unpaired) electrons. The van der Waals surface area contributed by atoms with Crippen molar-refractivity contribution in [2.75, 3.05) is 13.1 Å². The largest absolute Gasteiger partial charge is 0.338 e. The van der Waals surface area contributed by atoms with E-state index in [2.05, 4.69) is 59.2 Å². The zero-order valence-corrected chi connectivity index (χ0v) is 12.5. The molecule has 0 spiro atoms. The molecule has 20 heavy (non-hydrogen) atoms. The Balaban J connectivity index is 1.97. The van der Waals surface area contributed by atoms with Crippen LogP contribution in [0.15, 0.2) is 42.7 Å². The normalized spacial score (nSPS) is 12.5. The fourth-order valence-corrected chi connectivity index (χ4v) is 2.51. The summed E-state index contributed by atoms with van der Waals surface area (Å²) in [6, 6.07) is 10.8. The summed E-state index contributed by atoms with van der Waals surface area (Å²) in [5.74, 6) is 1.72. The van der Waals surface area contributed by atoms with Gasteiger partial charge in [0.15, 0.2) is 0 Å². The Hall–Kier alpha value is -1.61. The van der Waals surface area contributed by atoms with Gasteiger partial charge in [-0.1, -0.05) is 37.3 Å². The average Bonchev–Trinajstić information content (AvgIpc) is 2.89. The molecule has 1 aromatic carbocycles. The van der Waals surface area contributed by atoms with Gasteiger partial charge in [-0.25, -0.2) is 4.98 Å². The van der Waals surface area contributed by atoms with Crippen molar-refractivity contribution in [2.24, 2.45) is 7.05 Å². The molecule has 0 saturated carbocycles. The smallest absolute Gasteiger partial charge is 0.108 e. The van der Waals surface area contributed by atoms with E-state index >= 15 is 0 Å². The minimum atomic E-state index is 0.555. The molecule has 3 nitrogen and oxygen atoms in total. The van der Waals surface area contributed by atoms with Gasteiger partial charge in [-0.15, -0.1) is 0 Å². The molecule has 2 rings (SSSR count). The summed E-state index contributed by atoms with van der Waals surface area (Å²) >= 11 is 0. The first-order chi connectivity index (χ1) is 9.81. The van der Waals surface area contributed by atoms with Crippen LogP contribution in [0, 0.1) is 0 Å². The first-order valence-electron chi connectivity index (χ1n) is 7.53. The van der Waals surface area contributed by atoms with Crippen LogP contribution < -0.4 is 5.32 Å². The fourth-order valence-electron chi connectivity index (χ4n) is 2.51. The maximum absolute atomic E-state index is 4.42. The van der Waals surface area contributed by atoms with Gasteiger partial charge >= 0.3 is 0 Å². The van der Waals surface area contributed by atoms with Crippen LogP contribution in [0.3, 0.4) is 0 Å². The van der Waals surface area contributed by atoms with Gasteiger partial charge in [0, 0.05) is 32.4 Å². The number of aryl methyl sites for hydroxylation is 2. The van der Waals surface area contributed by atoms with Crippen LogP contribution in [0.1, 0.15) is 37.1 Å². The Morgan fingerprint density at radius 2 is 2.05 bits per heavy atom. The van der Waals surface area contributed by atoms with Crippen LogP contribution in [0.5, 0.6) is 0 Å². The highest BCUT2D eigenvalue weighted by Gasteiger charge is 2.12. The van der Waals surface area contributed by atoms with Gasteiger partial charge in [-0.3, -0.25) is 0 Å². The van der Waals surface area contributed by atoms with Crippen molar-refractivity contribution in [1.29, 1.82) is 0 Å². The van der Waals surface area contributed by atoms with E-state index in [1.165, 1.54) is 17.8 Å². The molecule has 3 heteroatoms. The lowest BCUT2D eigenvalue weighted by Crippen LogP contribution is -2.23. The number of nitrogens with one attached hydrogen (secondary N) is 1. The van der Waals surface area contributed by atoms with Gasteiger partial charge < -0.3 is 9.88 Å². The first-order valence-corrected chi connectivity index (χ1v) is 7.53. The molecular formula is C17H25N3. The molecule has 108 valence electrons. The first kappa shape index (κ1) is 14.8. The molecule has 1 unspecified atom stereocenters. The van der Waals surface area contributed by atoms with Gasteiger partial charge in [0.05, 0.1) is 0 Å². The minimum absolute atomic E-state index is 0.555. The molecule has 0 aliphatic rings. The zero-order valence-electron chi connectivity index (χ0n) is 12.5. The molecule has 0 amide bonds. The highest BCUT2D eigenvalue weighted by Crippen LogP contribution is 2.20. The summed E-state index contributed by atoms with van der Waals surface area (Å²) in [6.07, 6.45) is 7.23. The van der Waals surface area contributed by atoms with Crippen LogP contribution in [0.25, 0.3) is 0 Å². The predicted octanol–water partition coefficient (Wildman–Crippen LogP) is 3.14. The molecule has 0 bridgehead atoms. The molecule has 1 atom stereocenters. The molecule has 0 aliphatic heterocycles. The monoisotopic (exact) mass is 271 g/mol. The summed E-state index contributed by atoms with van der Waals surface area (Å²) in [5, 5.41) is 3.55. The summed E-state index contributed by atoms with van der Waals surface area (Å²) in [4.78, 5) is 4.42. The van der Waals surface area contributed by atoms with Gasteiger partial charge in [0.1, 0.15) is 5.82 Å². The minimum Gasteiger partial charge on any atom is -0.338 e. The second-order valence-corrected chi connectivity index (χ2v) is 5.30. The van der Waals surface area contributed by atoms with Gasteiger partial charge in [-0.05, 0) is 30.9 Å². The van der Waals surface area contributed by atoms with Crippen LogP contribution in [-0.2, 0) is 13.5 Å². The predicted molar refractivity (Wildman–Crippen MR) is 83.9 cm³/mol. The second kappa shape index (κ2) is 7.85. The highest BCUT2D eigenvalue weighted by molar-refractivity contribution is 5.20. The summed E-state index contributed by atoms with van der Waals surface area (Å²) in [7, 11) is 2.06. The summed E-state index contributed by atoms with van der Waals surface area (Å²) in [6.45, 7) is 4.34. The third kappa shape index (κ3) is 4.20. The zero-order chi connectivity index (χ0) is 14.2. The van der Waals surface area contributed by atoms with Crippen LogP contribution >= 0.6 is 0 Å². The van der Waals surface area contributed by atoms with E-state index in [0.29, 0.717) is 5.92 Å². The van der Waals surface area contributed by atoms with Crippen molar-refractivity contribution in [3.63, 3.8) is 0 Å². The van der Waals surface area contributed by atoms with Gasteiger partial charge in [0.25, 0.3) is 0 Å². The molecule has 0 fully saturated rings. The average molecular weight is 271 g/mol. The van der Waals surface area contributed by atoms with Crippen molar-refractivity contribution in [3.05, 3.63) is 54.1 Å². The highest BCUT2D eigenvalue weighted by atomic mass is 15.0. The van der Waals surface area contributed by atoms with Gasteiger partial charge in [-0.2, -0.15) is 0 Å². The number of imidazole rings is 1. The van der Waals surface area contributed by atoms with Crippen LogP contribution in [0.4, 0.5) is 0 Å². The lowest BCUT2D eigenvalue weighted by Gasteiger charge is -2.18. The lowest BCUT2D eigenvalue weighted by atomic mass is 9.94. The molecule has 1 N–H and O–H groups in total. The molecule has 1 aromatic heterocycles. The van der Waals surface area contributed by atoms with E-state index < -0.39 is 0 Å². The Morgan fingerprint density at radius 1 is 1.25 bits per heavy atom. The van der Waals surface area contributed by atoms with E-state index in [1.54, 1.807) is 0 Å². The SMILES string of the molecule is CCCNCC(CCc1nccn1C)c1ccccc1. The van der Waals surface area contributed by atoms with E-state index in [1.807, 2.05) is 12.4 Å². The van der Waals surface area contributed by atoms with E-state index in [0.717, 1.165) is 25.9 Å². The molecule has 0 saturated heterocycles. The molecule has 1 heterocycles. The van der Waals surface area contributed by atoms with Crippen LogP contribution in [0.2, 0.25) is 0 Å². The lowest BCUT2D eigenvalue weighted by molar-refractivity contribution is 0.539. The van der Waals surface area contributed by atoms with Gasteiger partial charge in [0.2, 0.25) is 0 Å². The van der Waals surface area contributed by atoms with Crippen LogP contribution in [-0.4, -0.2) is 22.6 Å². The van der Waals surface area contributed by atoms with Crippen molar-refractivity contribution in [3.8, 4) is 0 Å². The second-order valence-electron chi connectivity index (χ2n) is 5.30. The molecule has 2 aromatic rings. The number of aromatic nitrogens is 2. The standard InChI is InChI=1S/C17H25N3/c1-3-11-18-14-16(15-7-5-4-6-8-15)9-10-17-19-12-13-20(17)2/h4-8,12-13,16,18H,3,9-11,14H2,1-2H3. The Labute approximate surface area is 122 Å². The van der Waals surface area contributed by atoms with Crippen molar-refractivity contribution in [1.82, 2.24) is 14.9 Å². The number of hydrogen-bond donors (Lipinski definition) is 1. The maximum Gasteiger partial charge on any atom is 0.108 e. The van der Waals surface area contributed by atoms with Crippen molar-refractivity contribution in [2.45, 2.75) is 32.1 Å². The summed E-state index contributed by atoms with van der Waals surface area (Å²) in [5.41, 5.74) is 1.42. The van der Waals surface area contributed by atoms with Crippen molar-refractivity contribution < 1.29 is 0 Å². The van der Waals surface area contributed by atoms with E-state index in [-0.39, 0.29) is 0 Å². The quantitative estimate of drug-likeness (QED) is 0.748. The topological polar surface area (TPSA) is 29.9 Å². The Bertz CT molecular complexity index is 490.